The van der Waals surface area contributed by atoms with E-state index in [0.29, 0.717) is 0 Å². The third-order valence-electron chi connectivity index (χ3n) is 3.05. The Morgan fingerprint density at radius 3 is 1.85 bits per heavy atom. The molecule has 0 bridgehead atoms. The normalized spacial score (nSPS) is 12.9. The molecule has 0 fully saturated rings. The summed E-state index contributed by atoms with van der Waals surface area (Å²) in [5.41, 5.74) is -4.37. The first-order valence-corrected chi connectivity index (χ1v) is 8.37. The van der Waals surface area contributed by atoms with Crippen molar-refractivity contribution in [3.63, 3.8) is 0 Å². The maximum Gasteiger partial charge on any atom is 0.416 e. The van der Waals surface area contributed by atoms with Crippen LogP contribution in [0.2, 0.25) is 5.02 Å². The Morgan fingerprint density at radius 1 is 0.885 bits per heavy atom. The average Bonchev–Trinajstić information content (AvgIpc) is 2.47. The van der Waals surface area contributed by atoms with Crippen LogP contribution < -0.4 is 4.72 Å². The summed E-state index contributed by atoms with van der Waals surface area (Å²) in [6.07, 6.45) is -10.3. The predicted octanol–water partition coefficient (Wildman–Crippen LogP) is 4.88. The summed E-state index contributed by atoms with van der Waals surface area (Å²) >= 11 is 5.60. The number of hydrogen-bond donors (Lipinski definition) is 2. The molecule has 0 amide bonds. The van der Waals surface area contributed by atoms with E-state index in [-0.39, 0.29) is 23.2 Å². The molecule has 0 aliphatic carbocycles. The lowest BCUT2D eigenvalue weighted by molar-refractivity contribution is -0.143. The zero-order valence-corrected chi connectivity index (χ0v) is 13.9. The van der Waals surface area contributed by atoms with E-state index in [1.807, 2.05) is 0 Å². The van der Waals surface area contributed by atoms with Crippen molar-refractivity contribution >= 4 is 27.3 Å². The lowest BCUT2D eigenvalue weighted by Crippen LogP contribution is -2.16. The predicted molar refractivity (Wildman–Crippen MR) is 80.4 cm³/mol. The van der Waals surface area contributed by atoms with Crippen molar-refractivity contribution in [2.24, 2.45) is 0 Å². The van der Waals surface area contributed by atoms with E-state index in [2.05, 4.69) is 0 Å². The molecule has 0 saturated carbocycles. The molecule has 0 radical (unpaired) electrons. The minimum atomic E-state index is -5.14. The fourth-order valence-electron chi connectivity index (χ4n) is 1.93. The maximum atomic E-state index is 12.8. The number of rotatable bonds is 3. The first kappa shape index (κ1) is 20.2. The van der Waals surface area contributed by atoms with Gasteiger partial charge in [0.25, 0.3) is 10.0 Å². The van der Waals surface area contributed by atoms with Gasteiger partial charge in [-0.3, -0.25) is 4.72 Å². The van der Waals surface area contributed by atoms with Crippen LogP contribution in [0.25, 0.3) is 0 Å². The topological polar surface area (TPSA) is 66.4 Å². The number of alkyl halides is 6. The molecular weight excluding hydrogens is 412 g/mol. The fourth-order valence-corrected chi connectivity index (χ4v) is 3.33. The Labute approximate surface area is 148 Å². The van der Waals surface area contributed by atoms with Crippen LogP contribution in [0.1, 0.15) is 11.1 Å². The van der Waals surface area contributed by atoms with Crippen molar-refractivity contribution in [1.29, 1.82) is 0 Å². The minimum absolute atomic E-state index is 0.122. The van der Waals surface area contributed by atoms with Crippen LogP contribution in [0, 0.1) is 0 Å². The molecule has 2 rings (SSSR count). The molecule has 2 aromatic carbocycles. The molecule has 26 heavy (non-hydrogen) atoms. The highest BCUT2D eigenvalue weighted by molar-refractivity contribution is 7.92. The Kier molecular flexibility index (Phi) is 5.08. The maximum absolute atomic E-state index is 12.8. The van der Waals surface area contributed by atoms with Crippen molar-refractivity contribution in [2.75, 3.05) is 4.72 Å². The van der Waals surface area contributed by atoms with Gasteiger partial charge in [-0.05, 0) is 36.4 Å². The van der Waals surface area contributed by atoms with Gasteiger partial charge < -0.3 is 5.11 Å². The molecule has 0 aromatic heterocycles. The Morgan fingerprint density at radius 2 is 1.38 bits per heavy atom. The van der Waals surface area contributed by atoms with Crippen LogP contribution in [-0.4, -0.2) is 13.5 Å². The summed E-state index contributed by atoms with van der Waals surface area (Å²) < 4.78 is 103. The molecular formula is C14H8ClF6NO3S. The number of phenolic OH excluding ortho intramolecular Hbond substituents is 1. The van der Waals surface area contributed by atoms with Gasteiger partial charge in [0.15, 0.2) is 0 Å². The van der Waals surface area contributed by atoms with Crippen LogP contribution in [0.3, 0.4) is 0 Å². The van der Waals surface area contributed by atoms with Crippen molar-refractivity contribution in [3.05, 3.63) is 52.5 Å². The lowest BCUT2D eigenvalue weighted by Gasteiger charge is -2.15. The highest BCUT2D eigenvalue weighted by Crippen LogP contribution is 2.38. The molecule has 2 N–H and O–H groups in total. The Hall–Kier alpha value is -2.14. The zero-order chi connectivity index (χ0) is 19.9. The van der Waals surface area contributed by atoms with E-state index >= 15 is 0 Å². The van der Waals surface area contributed by atoms with Crippen LogP contribution in [0.4, 0.5) is 32.0 Å². The Balaban J connectivity index is 2.56. The van der Waals surface area contributed by atoms with Crippen LogP contribution in [0.5, 0.6) is 5.75 Å². The second kappa shape index (κ2) is 6.54. The number of halogens is 7. The van der Waals surface area contributed by atoms with Gasteiger partial charge in [-0.1, -0.05) is 11.6 Å². The van der Waals surface area contributed by atoms with Gasteiger partial charge in [-0.15, -0.1) is 0 Å². The number of anilines is 1. The number of aromatic hydroxyl groups is 1. The standard InChI is InChI=1S/C14H8ClF6NO3S/c15-9-1-2-11(23)12(6-9)26(24,25)22-10-4-7(13(16,17)18)3-8(5-10)14(19,20)21/h1-6,22-23H. The second-order valence-corrected chi connectivity index (χ2v) is 7.10. The van der Waals surface area contributed by atoms with Gasteiger partial charge in [-0.2, -0.15) is 26.3 Å². The van der Waals surface area contributed by atoms with Crippen LogP contribution in [-0.2, 0) is 22.4 Å². The number of nitrogens with one attached hydrogen (secondary N) is 1. The molecule has 4 nitrogen and oxygen atoms in total. The van der Waals surface area contributed by atoms with Gasteiger partial charge in [-0.25, -0.2) is 8.42 Å². The molecule has 0 aliphatic rings. The van der Waals surface area contributed by atoms with Gasteiger partial charge in [0.2, 0.25) is 0 Å². The van der Waals surface area contributed by atoms with E-state index < -0.39 is 49.8 Å². The first-order valence-electron chi connectivity index (χ1n) is 6.51. The molecule has 0 saturated heterocycles. The largest absolute Gasteiger partial charge is 0.507 e. The minimum Gasteiger partial charge on any atom is -0.507 e. The summed E-state index contributed by atoms with van der Waals surface area (Å²) in [5, 5.41) is 9.46. The molecule has 2 aromatic rings. The second-order valence-electron chi connectivity index (χ2n) is 5.01. The average molecular weight is 420 g/mol. The van der Waals surface area contributed by atoms with Crippen LogP contribution >= 0.6 is 11.6 Å². The summed E-state index contributed by atoms with van der Waals surface area (Å²) in [5.74, 6) is -0.787. The highest BCUT2D eigenvalue weighted by atomic mass is 35.5. The molecule has 0 aliphatic heterocycles. The quantitative estimate of drug-likeness (QED) is 0.697. The lowest BCUT2D eigenvalue weighted by atomic mass is 10.1. The van der Waals surface area contributed by atoms with Gasteiger partial charge in [0, 0.05) is 5.02 Å². The summed E-state index contributed by atoms with van der Waals surface area (Å²) in [4.78, 5) is -0.809. The molecule has 0 unspecified atom stereocenters. The number of sulfonamides is 1. The number of benzene rings is 2. The van der Waals surface area contributed by atoms with E-state index in [1.165, 1.54) is 0 Å². The molecule has 0 atom stereocenters. The molecule has 12 heteroatoms. The third kappa shape index (κ3) is 4.52. The van der Waals surface area contributed by atoms with Gasteiger partial charge in [0.1, 0.15) is 10.6 Å². The SMILES string of the molecule is O=S(=O)(Nc1cc(C(F)(F)F)cc(C(F)(F)F)c1)c1cc(Cl)ccc1O. The van der Waals surface area contributed by atoms with Crippen molar-refractivity contribution in [1.82, 2.24) is 0 Å². The summed E-state index contributed by atoms with van der Waals surface area (Å²) in [7, 11) is -4.71. The van der Waals surface area contributed by atoms with Crippen molar-refractivity contribution in [3.8, 4) is 5.75 Å². The van der Waals surface area contributed by atoms with Gasteiger partial charge >= 0.3 is 12.4 Å². The number of phenols is 1. The van der Waals surface area contributed by atoms with E-state index in [1.54, 1.807) is 4.72 Å². The Bertz CT molecular complexity index is 908. The molecule has 0 spiro atoms. The molecule has 142 valence electrons. The molecule has 0 heterocycles. The van der Waals surface area contributed by atoms with E-state index in [0.717, 1.165) is 18.2 Å². The summed E-state index contributed by atoms with van der Waals surface area (Å²) in [6.45, 7) is 0. The van der Waals surface area contributed by atoms with Gasteiger partial charge in [0.05, 0.1) is 16.8 Å². The zero-order valence-electron chi connectivity index (χ0n) is 12.3. The number of hydrogen-bond acceptors (Lipinski definition) is 3. The van der Waals surface area contributed by atoms with Crippen molar-refractivity contribution < 1.29 is 39.9 Å². The van der Waals surface area contributed by atoms with E-state index in [4.69, 9.17) is 11.6 Å². The summed E-state index contributed by atoms with van der Waals surface area (Å²) in [6, 6.07) is 3.10. The first-order chi connectivity index (χ1) is 11.7. The van der Waals surface area contributed by atoms with Crippen LogP contribution in [0.15, 0.2) is 41.3 Å². The fraction of sp³-hybridized carbons (Fsp3) is 0.143. The third-order valence-corrected chi connectivity index (χ3v) is 4.70. The highest BCUT2D eigenvalue weighted by Gasteiger charge is 2.37. The smallest absolute Gasteiger partial charge is 0.416 e. The van der Waals surface area contributed by atoms with E-state index in [9.17, 15) is 39.9 Å². The van der Waals surface area contributed by atoms with Crippen molar-refractivity contribution in [2.45, 2.75) is 17.2 Å². The monoisotopic (exact) mass is 419 g/mol.